The summed E-state index contributed by atoms with van der Waals surface area (Å²) >= 11 is 0. The monoisotopic (exact) mass is 475 g/mol. The van der Waals surface area contributed by atoms with Crippen molar-refractivity contribution in [2.24, 2.45) is 0 Å². The molecule has 5 nitrogen and oxygen atoms in total. The Hall–Kier alpha value is -3.48. The van der Waals surface area contributed by atoms with Crippen LogP contribution in [0.1, 0.15) is 37.9 Å². The minimum atomic E-state index is -1.01. The molecule has 0 saturated carbocycles. The lowest BCUT2D eigenvalue weighted by atomic mass is 9.97. The molecule has 0 saturated heterocycles. The van der Waals surface area contributed by atoms with Crippen LogP contribution in [0.15, 0.2) is 66.9 Å². The quantitative estimate of drug-likeness (QED) is 0.312. The Labute approximate surface area is 204 Å². The number of aryl methyl sites for hydroxylation is 1. The average Bonchev–Trinajstić information content (AvgIpc) is 3.17. The first-order chi connectivity index (χ1) is 16.9. The average molecular weight is 476 g/mol. The van der Waals surface area contributed by atoms with E-state index < -0.39 is 18.2 Å². The largest absolute Gasteiger partial charge is 0.466 e. The second-order valence-electron chi connectivity index (χ2n) is 8.54. The molecule has 0 bridgehead atoms. The highest BCUT2D eigenvalue weighted by atomic mass is 19.1. The van der Waals surface area contributed by atoms with Gasteiger partial charge in [0.25, 0.3) is 0 Å². The first-order valence-corrected chi connectivity index (χ1v) is 11.9. The molecule has 0 aliphatic heterocycles. The molecule has 182 valence electrons. The molecule has 0 aliphatic rings. The van der Waals surface area contributed by atoms with Gasteiger partial charge in [0, 0.05) is 34.8 Å². The number of ether oxygens (including phenoxy) is 1. The highest BCUT2D eigenvalue weighted by Gasteiger charge is 2.20. The predicted octanol–water partition coefficient (Wildman–Crippen LogP) is 5.54. The van der Waals surface area contributed by atoms with Crippen LogP contribution in [-0.2, 0) is 16.0 Å². The third-order valence-electron chi connectivity index (χ3n) is 6.14. The van der Waals surface area contributed by atoms with Gasteiger partial charge in [-0.1, -0.05) is 55.5 Å². The van der Waals surface area contributed by atoms with Crippen molar-refractivity contribution in [3.8, 4) is 11.1 Å². The van der Waals surface area contributed by atoms with E-state index in [0.717, 1.165) is 45.1 Å². The van der Waals surface area contributed by atoms with Gasteiger partial charge in [0.05, 0.1) is 30.8 Å². The summed E-state index contributed by atoms with van der Waals surface area (Å²) in [4.78, 5) is 11.6. The number of carbonyl (C=O) groups is 1. The maximum Gasteiger partial charge on any atom is 0.308 e. The van der Waals surface area contributed by atoms with E-state index >= 15 is 0 Å². The molecule has 2 aromatic carbocycles. The van der Waals surface area contributed by atoms with E-state index in [9.17, 15) is 19.4 Å². The van der Waals surface area contributed by atoms with Gasteiger partial charge in [-0.25, -0.2) is 4.39 Å². The van der Waals surface area contributed by atoms with Crippen molar-refractivity contribution in [1.82, 2.24) is 4.40 Å². The number of hydrogen-bond acceptors (Lipinski definition) is 4. The van der Waals surface area contributed by atoms with E-state index in [0.29, 0.717) is 0 Å². The Morgan fingerprint density at radius 1 is 1.09 bits per heavy atom. The fraction of sp³-hybridized carbons (Fsp3) is 0.276. The van der Waals surface area contributed by atoms with Gasteiger partial charge in [-0.15, -0.1) is 0 Å². The molecule has 2 heterocycles. The molecule has 2 aromatic heterocycles. The van der Waals surface area contributed by atoms with Gasteiger partial charge in [-0.2, -0.15) is 0 Å². The van der Waals surface area contributed by atoms with Crippen LogP contribution < -0.4 is 0 Å². The molecule has 0 fully saturated rings. The molecule has 2 unspecified atom stereocenters. The highest BCUT2D eigenvalue weighted by Crippen LogP contribution is 2.38. The minimum Gasteiger partial charge on any atom is -0.466 e. The van der Waals surface area contributed by atoms with Crippen molar-refractivity contribution < 1.29 is 24.1 Å². The zero-order valence-electron chi connectivity index (χ0n) is 19.9. The number of halogens is 1. The summed E-state index contributed by atoms with van der Waals surface area (Å²) in [6.45, 7) is 4.02. The SMILES string of the molecule is CCOC(=O)CC(O)CC(O)/C=C/c1c(-c2ccc(F)cc2)c2c3ccccc3ccn2c1CC. The van der Waals surface area contributed by atoms with Crippen LogP contribution in [0.5, 0.6) is 0 Å². The Morgan fingerprint density at radius 3 is 2.54 bits per heavy atom. The molecule has 4 rings (SSSR count). The maximum atomic E-state index is 13.7. The summed E-state index contributed by atoms with van der Waals surface area (Å²) in [6.07, 6.45) is 4.17. The third kappa shape index (κ3) is 5.29. The van der Waals surface area contributed by atoms with Gasteiger partial charge in [-0.05, 0) is 42.5 Å². The smallest absolute Gasteiger partial charge is 0.308 e. The lowest BCUT2D eigenvalue weighted by Gasteiger charge is -2.12. The molecular weight excluding hydrogens is 445 g/mol. The second-order valence-corrected chi connectivity index (χ2v) is 8.54. The van der Waals surface area contributed by atoms with Crippen LogP contribution in [0.4, 0.5) is 4.39 Å². The number of hydrogen-bond donors (Lipinski definition) is 2. The number of rotatable bonds is 9. The van der Waals surface area contributed by atoms with E-state index in [1.165, 1.54) is 12.1 Å². The normalized spacial score (nSPS) is 13.5. The Morgan fingerprint density at radius 2 is 1.83 bits per heavy atom. The summed E-state index contributed by atoms with van der Waals surface area (Å²) in [7, 11) is 0. The van der Waals surface area contributed by atoms with Gasteiger partial charge in [0.1, 0.15) is 5.82 Å². The second kappa shape index (κ2) is 10.8. The van der Waals surface area contributed by atoms with Crippen LogP contribution in [0.25, 0.3) is 33.5 Å². The topological polar surface area (TPSA) is 71.2 Å². The number of benzene rings is 2. The zero-order valence-corrected chi connectivity index (χ0v) is 19.9. The molecule has 35 heavy (non-hydrogen) atoms. The van der Waals surface area contributed by atoms with Crippen LogP contribution in [-0.4, -0.2) is 39.4 Å². The van der Waals surface area contributed by atoms with Gasteiger partial charge in [0.15, 0.2) is 0 Å². The lowest BCUT2D eigenvalue weighted by molar-refractivity contribution is -0.145. The van der Waals surface area contributed by atoms with Crippen molar-refractivity contribution in [1.29, 1.82) is 0 Å². The van der Waals surface area contributed by atoms with E-state index in [2.05, 4.69) is 29.5 Å². The first kappa shape index (κ1) is 24.6. The molecule has 2 atom stereocenters. The predicted molar refractivity (Wildman–Crippen MR) is 137 cm³/mol. The van der Waals surface area contributed by atoms with Crippen molar-refractivity contribution in [2.45, 2.75) is 45.3 Å². The number of aliphatic hydroxyl groups is 2. The fourth-order valence-corrected chi connectivity index (χ4v) is 4.61. The number of fused-ring (bicyclic) bond motifs is 3. The van der Waals surface area contributed by atoms with Gasteiger partial charge >= 0.3 is 5.97 Å². The van der Waals surface area contributed by atoms with E-state index in [1.807, 2.05) is 24.4 Å². The van der Waals surface area contributed by atoms with Crippen molar-refractivity contribution >= 4 is 28.3 Å². The minimum absolute atomic E-state index is 0.0129. The van der Waals surface area contributed by atoms with Crippen molar-refractivity contribution in [3.05, 3.63) is 83.9 Å². The van der Waals surface area contributed by atoms with Crippen molar-refractivity contribution in [2.75, 3.05) is 6.61 Å². The molecule has 0 aliphatic carbocycles. The third-order valence-corrected chi connectivity index (χ3v) is 6.14. The van der Waals surface area contributed by atoms with Gasteiger partial charge in [-0.3, -0.25) is 4.79 Å². The summed E-state index contributed by atoms with van der Waals surface area (Å²) in [5, 5.41) is 22.9. The molecular formula is C29H30FNO4. The van der Waals surface area contributed by atoms with E-state index in [4.69, 9.17) is 4.74 Å². The molecule has 0 radical (unpaired) electrons. The number of aliphatic hydroxyl groups excluding tert-OH is 2. The fourth-order valence-electron chi connectivity index (χ4n) is 4.61. The van der Waals surface area contributed by atoms with Crippen LogP contribution in [0.3, 0.4) is 0 Å². The number of carbonyl (C=O) groups excluding carboxylic acids is 1. The van der Waals surface area contributed by atoms with Crippen molar-refractivity contribution in [3.63, 3.8) is 0 Å². The number of pyridine rings is 1. The Balaban J connectivity index is 1.79. The lowest BCUT2D eigenvalue weighted by Crippen LogP contribution is -2.20. The Bertz CT molecular complexity index is 1360. The van der Waals surface area contributed by atoms with Crippen LogP contribution in [0, 0.1) is 5.82 Å². The highest BCUT2D eigenvalue weighted by molar-refractivity contribution is 6.06. The van der Waals surface area contributed by atoms with E-state index in [1.54, 1.807) is 25.1 Å². The van der Waals surface area contributed by atoms with Gasteiger partial charge < -0.3 is 19.4 Å². The van der Waals surface area contributed by atoms with Crippen LogP contribution >= 0.6 is 0 Å². The van der Waals surface area contributed by atoms with Crippen LogP contribution in [0.2, 0.25) is 0 Å². The summed E-state index contributed by atoms with van der Waals surface area (Å²) < 4.78 is 20.8. The van der Waals surface area contributed by atoms with Gasteiger partial charge in [0.2, 0.25) is 0 Å². The number of aromatic nitrogens is 1. The number of nitrogens with zero attached hydrogens (tertiary/aromatic N) is 1. The zero-order chi connectivity index (χ0) is 24.9. The summed E-state index contributed by atoms with van der Waals surface area (Å²) in [5.74, 6) is -0.797. The molecule has 0 amide bonds. The molecule has 4 aromatic rings. The first-order valence-electron chi connectivity index (χ1n) is 11.9. The summed E-state index contributed by atoms with van der Waals surface area (Å²) in [5.41, 5.74) is 4.82. The standard InChI is InChI=1S/C29H30FNO4/c1-3-26-25(14-13-22(32)17-23(33)18-27(34)35-4-2)28(20-9-11-21(30)12-10-20)29-24-8-6-5-7-19(24)15-16-31(26)29/h5-16,22-23,32-33H,3-4,17-18H2,1-2H3/b14-13+. The number of esters is 1. The molecule has 0 spiro atoms. The van der Waals surface area contributed by atoms with E-state index in [-0.39, 0.29) is 25.3 Å². The summed E-state index contributed by atoms with van der Waals surface area (Å²) in [6, 6.07) is 16.6. The maximum absolute atomic E-state index is 13.7. The molecule has 2 N–H and O–H groups in total. The molecule has 6 heteroatoms. The Kier molecular flexibility index (Phi) is 7.63.